The fourth-order valence-electron chi connectivity index (χ4n) is 2.68. The number of carbonyl (C=O) groups excluding carboxylic acids is 1. The number of pyridine rings is 1. The van der Waals surface area contributed by atoms with Crippen LogP contribution < -0.4 is 4.74 Å². The molecule has 0 atom stereocenters. The Bertz CT molecular complexity index is 863. The van der Waals surface area contributed by atoms with Crippen molar-refractivity contribution in [3.05, 3.63) is 65.4 Å². The van der Waals surface area contributed by atoms with E-state index in [1.165, 1.54) is 5.56 Å². The molecule has 0 bridgehead atoms. The van der Waals surface area contributed by atoms with Gasteiger partial charge in [0.2, 0.25) is 5.91 Å². The lowest BCUT2D eigenvalue weighted by molar-refractivity contribution is -0.129. The summed E-state index contributed by atoms with van der Waals surface area (Å²) in [6.07, 6.45) is 5.52. The van der Waals surface area contributed by atoms with E-state index in [1.807, 2.05) is 48.8 Å². The Kier molecular flexibility index (Phi) is 6.54. The third kappa shape index (κ3) is 5.37. The Morgan fingerprint density at radius 2 is 1.85 bits per heavy atom. The lowest BCUT2D eigenvalue weighted by Gasteiger charge is -2.16. The second-order valence-electron chi connectivity index (χ2n) is 6.29. The highest BCUT2D eigenvalue weighted by Gasteiger charge is 2.11. The number of benzene rings is 1. The van der Waals surface area contributed by atoms with Crippen LogP contribution in [0.1, 0.15) is 17.7 Å². The van der Waals surface area contributed by atoms with Gasteiger partial charge < -0.3 is 9.64 Å². The second-order valence-corrected chi connectivity index (χ2v) is 7.15. The number of methoxy groups -OCH3 is 1. The molecule has 0 saturated carbocycles. The molecule has 5 nitrogen and oxygen atoms in total. The Morgan fingerprint density at radius 3 is 2.56 bits per heavy atom. The Morgan fingerprint density at radius 1 is 1.11 bits per heavy atom. The van der Waals surface area contributed by atoms with E-state index in [0.29, 0.717) is 19.4 Å². The normalized spacial score (nSPS) is 10.6. The molecule has 3 aromatic rings. The molecule has 0 unspecified atom stereocenters. The smallest absolute Gasteiger partial charge is 0.222 e. The Hall–Kier alpha value is -2.73. The van der Waals surface area contributed by atoms with Gasteiger partial charge in [-0.2, -0.15) is 0 Å². The second kappa shape index (κ2) is 9.28. The number of hydrogen-bond donors (Lipinski definition) is 0. The van der Waals surface area contributed by atoms with Gasteiger partial charge in [-0.25, -0.2) is 4.98 Å². The predicted molar refractivity (Wildman–Crippen MR) is 108 cm³/mol. The molecule has 0 aliphatic rings. The van der Waals surface area contributed by atoms with E-state index in [2.05, 4.69) is 9.97 Å². The van der Waals surface area contributed by atoms with E-state index >= 15 is 0 Å². The Balaban J connectivity index is 1.49. The first-order valence-corrected chi connectivity index (χ1v) is 9.75. The van der Waals surface area contributed by atoms with Crippen LogP contribution in [0, 0.1) is 0 Å². The standard InChI is InChI=1S/C21H23N3O2S/c1-24(14-11-16-9-12-22-13-10-16)20(25)8-5-18-15-27-21(23-18)17-3-6-19(26-2)7-4-17/h3-4,6-7,9-10,12-13,15H,5,8,11,14H2,1-2H3. The monoisotopic (exact) mass is 381 g/mol. The summed E-state index contributed by atoms with van der Waals surface area (Å²) >= 11 is 1.60. The van der Waals surface area contributed by atoms with Gasteiger partial charge >= 0.3 is 0 Å². The Labute approximate surface area is 163 Å². The van der Waals surface area contributed by atoms with Crippen molar-refractivity contribution in [3.63, 3.8) is 0 Å². The van der Waals surface area contributed by atoms with Gasteiger partial charge in [0, 0.05) is 43.4 Å². The highest BCUT2D eigenvalue weighted by Crippen LogP contribution is 2.26. The maximum Gasteiger partial charge on any atom is 0.222 e. The number of rotatable bonds is 8. The predicted octanol–water partition coefficient (Wildman–Crippen LogP) is 3.85. The molecule has 2 aromatic heterocycles. The summed E-state index contributed by atoms with van der Waals surface area (Å²) in [4.78, 5) is 22.8. The van der Waals surface area contributed by atoms with Gasteiger partial charge in [-0.15, -0.1) is 11.3 Å². The van der Waals surface area contributed by atoms with Gasteiger partial charge in [-0.1, -0.05) is 0 Å². The highest BCUT2D eigenvalue weighted by molar-refractivity contribution is 7.13. The molecular weight excluding hydrogens is 358 g/mol. The molecule has 0 spiro atoms. The molecule has 2 heterocycles. The molecule has 0 radical (unpaired) electrons. The summed E-state index contributed by atoms with van der Waals surface area (Å²) in [6.45, 7) is 0.705. The summed E-state index contributed by atoms with van der Waals surface area (Å²) in [5.74, 6) is 0.971. The van der Waals surface area contributed by atoms with Crippen LogP contribution in [0.25, 0.3) is 10.6 Å². The zero-order valence-electron chi connectivity index (χ0n) is 15.6. The summed E-state index contributed by atoms with van der Waals surface area (Å²) in [5.41, 5.74) is 3.21. The van der Waals surface area contributed by atoms with E-state index in [9.17, 15) is 4.79 Å². The van der Waals surface area contributed by atoms with E-state index in [1.54, 1.807) is 35.7 Å². The quantitative estimate of drug-likeness (QED) is 0.595. The number of aromatic nitrogens is 2. The maximum atomic E-state index is 12.4. The fourth-order valence-corrected chi connectivity index (χ4v) is 3.55. The zero-order valence-corrected chi connectivity index (χ0v) is 16.4. The minimum Gasteiger partial charge on any atom is -0.497 e. The molecule has 3 rings (SSSR count). The summed E-state index contributed by atoms with van der Waals surface area (Å²) in [7, 11) is 3.51. The maximum absolute atomic E-state index is 12.4. The first kappa shape index (κ1) is 19.0. The fraction of sp³-hybridized carbons (Fsp3) is 0.286. The van der Waals surface area contributed by atoms with Gasteiger partial charge in [-0.05, 0) is 54.8 Å². The molecule has 6 heteroatoms. The first-order valence-electron chi connectivity index (χ1n) is 8.87. The molecule has 1 aromatic carbocycles. The molecule has 0 aliphatic heterocycles. The topological polar surface area (TPSA) is 55.3 Å². The summed E-state index contributed by atoms with van der Waals surface area (Å²) < 4.78 is 5.18. The molecular formula is C21H23N3O2S. The third-order valence-electron chi connectivity index (χ3n) is 4.39. The highest BCUT2D eigenvalue weighted by atomic mass is 32.1. The van der Waals surface area contributed by atoms with Gasteiger partial charge in [-0.3, -0.25) is 9.78 Å². The van der Waals surface area contributed by atoms with Crippen LogP contribution >= 0.6 is 11.3 Å². The summed E-state index contributed by atoms with van der Waals surface area (Å²) in [6, 6.07) is 11.8. The number of thiazole rings is 1. The average molecular weight is 382 g/mol. The van der Waals surface area contributed by atoms with E-state index in [4.69, 9.17) is 4.74 Å². The molecule has 0 N–H and O–H groups in total. The number of amides is 1. The minimum atomic E-state index is 0.142. The van der Waals surface area contributed by atoms with Gasteiger partial charge in [0.05, 0.1) is 12.8 Å². The number of hydrogen-bond acceptors (Lipinski definition) is 5. The van der Waals surface area contributed by atoms with Gasteiger partial charge in [0.1, 0.15) is 10.8 Å². The molecule has 0 aliphatic carbocycles. The van der Waals surface area contributed by atoms with Crippen molar-refractivity contribution < 1.29 is 9.53 Å². The largest absolute Gasteiger partial charge is 0.497 e. The van der Waals surface area contributed by atoms with Crippen molar-refractivity contribution in [2.24, 2.45) is 0 Å². The average Bonchev–Trinajstić information content (AvgIpc) is 3.20. The van der Waals surface area contributed by atoms with Crippen LogP contribution in [-0.2, 0) is 17.6 Å². The molecule has 27 heavy (non-hydrogen) atoms. The van der Waals surface area contributed by atoms with Crippen molar-refractivity contribution in [2.45, 2.75) is 19.3 Å². The molecule has 1 amide bonds. The minimum absolute atomic E-state index is 0.142. The van der Waals surface area contributed by atoms with Crippen LogP contribution in [0.2, 0.25) is 0 Å². The molecule has 140 valence electrons. The van der Waals surface area contributed by atoms with Crippen molar-refractivity contribution >= 4 is 17.2 Å². The van der Waals surface area contributed by atoms with Crippen LogP contribution in [0.5, 0.6) is 5.75 Å². The number of aryl methyl sites for hydroxylation is 1. The first-order chi connectivity index (χ1) is 13.2. The van der Waals surface area contributed by atoms with E-state index in [0.717, 1.165) is 28.4 Å². The van der Waals surface area contributed by atoms with Gasteiger partial charge in [0.15, 0.2) is 0 Å². The number of ether oxygens (including phenoxy) is 1. The SMILES string of the molecule is COc1ccc(-c2nc(CCC(=O)N(C)CCc3ccncc3)cs2)cc1. The zero-order chi connectivity index (χ0) is 19.1. The number of nitrogens with zero attached hydrogens (tertiary/aromatic N) is 3. The van der Waals surface area contributed by atoms with E-state index < -0.39 is 0 Å². The van der Waals surface area contributed by atoms with Crippen LogP contribution in [0.3, 0.4) is 0 Å². The van der Waals surface area contributed by atoms with Crippen molar-refractivity contribution in [2.75, 3.05) is 20.7 Å². The van der Waals surface area contributed by atoms with Gasteiger partial charge in [0.25, 0.3) is 0 Å². The van der Waals surface area contributed by atoms with Crippen molar-refractivity contribution in [1.29, 1.82) is 0 Å². The molecule has 0 fully saturated rings. The third-order valence-corrected chi connectivity index (χ3v) is 5.33. The van der Waals surface area contributed by atoms with Crippen LogP contribution in [0.15, 0.2) is 54.2 Å². The van der Waals surface area contributed by atoms with Crippen molar-refractivity contribution in [3.8, 4) is 16.3 Å². The van der Waals surface area contributed by atoms with Crippen LogP contribution in [0.4, 0.5) is 0 Å². The lowest BCUT2D eigenvalue weighted by atomic mass is 10.2. The molecule has 0 saturated heterocycles. The number of likely N-dealkylation sites (N-methyl/N-ethyl adjacent to an activating group) is 1. The van der Waals surface area contributed by atoms with E-state index in [-0.39, 0.29) is 5.91 Å². The summed E-state index contributed by atoms with van der Waals surface area (Å²) in [5, 5.41) is 3.00. The lowest BCUT2D eigenvalue weighted by Crippen LogP contribution is -2.29. The van der Waals surface area contributed by atoms with Crippen molar-refractivity contribution in [1.82, 2.24) is 14.9 Å². The number of carbonyl (C=O) groups is 1. The van der Waals surface area contributed by atoms with Crippen LogP contribution in [-0.4, -0.2) is 41.5 Å².